The first-order chi connectivity index (χ1) is 8.77. The predicted molar refractivity (Wildman–Crippen MR) is 71.5 cm³/mol. The average Bonchev–Trinajstić information content (AvgIpc) is 2.40. The van der Waals surface area contributed by atoms with Crippen molar-refractivity contribution in [3.63, 3.8) is 0 Å². The van der Waals surface area contributed by atoms with Crippen LogP contribution in [-0.4, -0.2) is 12.5 Å². The van der Waals surface area contributed by atoms with E-state index < -0.39 is 0 Å². The summed E-state index contributed by atoms with van der Waals surface area (Å²) in [6.07, 6.45) is 0. The van der Waals surface area contributed by atoms with Gasteiger partial charge in [-0.05, 0) is 17.2 Å². The van der Waals surface area contributed by atoms with Crippen molar-refractivity contribution in [1.82, 2.24) is 5.32 Å². The summed E-state index contributed by atoms with van der Waals surface area (Å²) in [5, 5.41) is 2.91. The van der Waals surface area contributed by atoms with E-state index in [1.165, 1.54) is 5.56 Å². The molecular weight excluding hydrogens is 224 g/mol. The van der Waals surface area contributed by atoms with Gasteiger partial charge in [0.15, 0.2) is 0 Å². The number of nitrogens with two attached hydrogens (primary N) is 1. The molecule has 0 saturated carbocycles. The maximum absolute atomic E-state index is 11.9. The SMILES string of the molecule is Nc1cccc2c1C(=O)NCC2c1ccccc1. The molecule has 90 valence electrons. The van der Waals surface area contributed by atoms with Gasteiger partial charge in [-0.15, -0.1) is 0 Å². The molecule has 1 unspecified atom stereocenters. The highest BCUT2D eigenvalue weighted by Crippen LogP contribution is 2.32. The van der Waals surface area contributed by atoms with Crippen molar-refractivity contribution in [3.05, 3.63) is 65.2 Å². The van der Waals surface area contributed by atoms with Gasteiger partial charge in [-0.25, -0.2) is 0 Å². The molecule has 0 aromatic heterocycles. The molecule has 1 aliphatic rings. The topological polar surface area (TPSA) is 55.1 Å². The van der Waals surface area contributed by atoms with Crippen LogP contribution in [0.5, 0.6) is 0 Å². The molecule has 3 nitrogen and oxygen atoms in total. The molecule has 3 heteroatoms. The van der Waals surface area contributed by atoms with Gasteiger partial charge in [0.2, 0.25) is 0 Å². The Balaban J connectivity index is 2.15. The summed E-state index contributed by atoms with van der Waals surface area (Å²) in [6, 6.07) is 15.8. The van der Waals surface area contributed by atoms with Gasteiger partial charge in [0, 0.05) is 18.2 Å². The molecule has 1 atom stereocenters. The molecule has 0 aliphatic carbocycles. The summed E-state index contributed by atoms with van der Waals surface area (Å²) in [5.41, 5.74) is 9.30. The highest BCUT2D eigenvalue weighted by molar-refractivity contribution is 6.02. The Morgan fingerprint density at radius 2 is 1.83 bits per heavy atom. The van der Waals surface area contributed by atoms with Gasteiger partial charge in [-0.2, -0.15) is 0 Å². The van der Waals surface area contributed by atoms with Crippen LogP contribution < -0.4 is 11.1 Å². The second-order valence-corrected chi connectivity index (χ2v) is 4.48. The number of nitrogens with one attached hydrogen (secondary N) is 1. The number of amides is 1. The van der Waals surface area contributed by atoms with Crippen molar-refractivity contribution < 1.29 is 4.79 Å². The quantitative estimate of drug-likeness (QED) is 0.748. The maximum Gasteiger partial charge on any atom is 0.253 e. The third kappa shape index (κ3) is 1.64. The summed E-state index contributed by atoms with van der Waals surface area (Å²) in [6.45, 7) is 0.624. The van der Waals surface area contributed by atoms with Crippen LogP contribution in [0.3, 0.4) is 0 Å². The maximum atomic E-state index is 11.9. The van der Waals surface area contributed by atoms with Gasteiger partial charge >= 0.3 is 0 Å². The molecule has 1 heterocycles. The Bertz CT molecular complexity index is 593. The monoisotopic (exact) mass is 238 g/mol. The van der Waals surface area contributed by atoms with E-state index in [0.717, 1.165) is 5.56 Å². The zero-order valence-corrected chi connectivity index (χ0v) is 9.89. The van der Waals surface area contributed by atoms with E-state index in [9.17, 15) is 4.79 Å². The third-order valence-corrected chi connectivity index (χ3v) is 3.40. The second-order valence-electron chi connectivity index (χ2n) is 4.48. The van der Waals surface area contributed by atoms with Crippen molar-refractivity contribution in [1.29, 1.82) is 0 Å². The number of nitrogen functional groups attached to an aromatic ring is 1. The van der Waals surface area contributed by atoms with Crippen LogP contribution in [0.4, 0.5) is 5.69 Å². The fraction of sp³-hybridized carbons (Fsp3) is 0.133. The molecule has 2 aromatic carbocycles. The van der Waals surface area contributed by atoms with E-state index in [1.54, 1.807) is 6.07 Å². The van der Waals surface area contributed by atoms with Gasteiger partial charge in [-0.3, -0.25) is 4.79 Å². The number of rotatable bonds is 1. The van der Waals surface area contributed by atoms with Crippen molar-refractivity contribution in [2.75, 3.05) is 12.3 Å². The van der Waals surface area contributed by atoms with Crippen molar-refractivity contribution in [3.8, 4) is 0 Å². The number of benzene rings is 2. The first kappa shape index (κ1) is 10.8. The standard InChI is InChI=1S/C15H14N2O/c16-13-8-4-7-11-12(9-17-15(18)14(11)13)10-5-2-1-3-6-10/h1-8,12H,9,16H2,(H,17,18). The molecule has 3 rings (SSSR count). The van der Waals surface area contributed by atoms with E-state index in [2.05, 4.69) is 17.4 Å². The van der Waals surface area contributed by atoms with Crippen molar-refractivity contribution in [2.45, 2.75) is 5.92 Å². The smallest absolute Gasteiger partial charge is 0.253 e. The lowest BCUT2D eigenvalue weighted by Gasteiger charge is -2.27. The lowest BCUT2D eigenvalue weighted by Crippen LogP contribution is -2.36. The molecule has 0 saturated heterocycles. The van der Waals surface area contributed by atoms with E-state index in [0.29, 0.717) is 17.8 Å². The summed E-state index contributed by atoms with van der Waals surface area (Å²) in [4.78, 5) is 11.9. The van der Waals surface area contributed by atoms with E-state index in [1.807, 2.05) is 30.3 Å². The van der Waals surface area contributed by atoms with Crippen LogP contribution in [0.25, 0.3) is 0 Å². The summed E-state index contributed by atoms with van der Waals surface area (Å²) < 4.78 is 0. The van der Waals surface area contributed by atoms with Gasteiger partial charge in [0.05, 0.1) is 5.56 Å². The fourth-order valence-electron chi connectivity index (χ4n) is 2.52. The van der Waals surface area contributed by atoms with Crippen LogP contribution >= 0.6 is 0 Å². The normalized spacial score (nSPS) is 18.0. The molecule has 3 N–H and O–H groups in total. The van der Waals surface area contributed by atoms with Gasteiger partial charge in [0.1, 0.15) is 0 Å². The van der Waals surface area contributed by atoms with E-state index >= 15 is 0 Å². The van der Waals surface area contributed by atoms with Crippen LogP contribution in [0.2, 0.25) is 0 Å². The van der Waals surface area contributed by atoms with Crippen LogP contribution in [0.1, 0.15) is 27.4 Å². The largest absolute Gasteiger partial charge is 0.398 e. The summed E-state index contributed by atoms with van der Waals surface area (Å²) in [5.74, 6) is 0.109. The van der Waals surface area contributed by atoms with Crippen LogP contribution in [-0.2, 0) is 0 Å². The van der Waals surface area contributed by atoms with Crippen LogP contribution in [0, 0.1) is 0 Å². The summed E-state index contributed by atoms with van der Waals surface area (Å²) >= 11 is 0. The first-order valence-corrected chi connectivity index (χ1v) is 5.99. The molecule has 0 fully saturated rings. The second kappa shape index (κ2) is 4.18. The lowest BCUT2D eigenvalue weighted by molar-refractivity contribution is 0.0944. The minimum atomic E-state index is -0.0738. The van der Waals surface area contributed by atoms with Crippen molar-refractivity contribution >= 4 is 11.6 Å². The Labute approximate surface area is 106 Å². The first-order valence-electron chi connectivity index (χ1n) is 5.99. The zero-order valence-electron chi connectivity index (χ0n) is 9.89. The Morgan fingerprint density at radius 1 is 1.06 bits per heavy atom. The predicted octanol–water partition coefficient (Wildman–Crippen LogP) is 2.14. The van der Waals surface area contributed by atoms with E-state index in [-0.39, 0.29) is 11.8 Å². The number of hydrogen-bond acceptors (Lipinski definition) is 2. The lowest BCUT2D eigenvalue weighted by atomic mass is 9.84. The Morgan fingerprint density at radius 3 is 2.61 bits per heavy atom. The Hall–Kier alpha value is -2.29. The minimum absolute atomic E-state index is 0.0738. The molecule has 0 bridgehead atoms. The molecule has 0 spiro atoms. The van der Waals surface area contributed by atoms with Crippen LogP contribution in [0.15, 0.2) is 48.5 Å². The molecule has 1 amide bonds. The molecule has 2 aromatic rings. The third-order valence-electron chi connectivity index (χ3n) is 3.40. The number of hydrogen-bond donors (Lipinski definition) is 2. The number of fused-ring (bicyclic) bond motifs is 1. The number of carbonyl (C=O) groups excluding carboxylic acids is 1. The van der Waals surface area contributed by atoms with Gasteiger partial charge in [0.25, 0.3) is 5.91 Å². The molecule has 1 aliphatic heterocycles. The zero-order chi connectivity index (χ0) is 12.5. The average molecular weight is 238 g/mol. The van der Waals surface area contributed by atoms with Gasteiger partial charge < -0.3 is 11.1 Å². The Kier molecular flexibility index (Phi) is 2.52. The molecule has 0 radical (unpaired) electrons. The summed E-state index contributed by atoms with van der Waals surface area (Å²) in [7, 11) is 0. The highest BCUT2D eigenvalue weighted by Gasteiger charge is 2.27. The van der Waals surface area contributed by atoms with Crippen molar-refractivity contribution in [2.24, 2.45) is 0 Å². The van der Waals surface area contributed by atoms with E-state index in [4.69, 9.17) is 5.73 Å². The van der Waals surface area contributed by atoms with Gasteiger partial charge in [-0.1, -0.05) is 42.5 Å². The number of carbonyl (C=O) groups is 1. The fourth-order valence-corrected chi connectivity index (χ4v) is 2.52. The molecule has 18 heavy (non-hydrogen) atoms. The minimum Gasteiger partial charge on any atom is -0.398 e. The number of anilines is 1. The molecular formula is C15H14N2O. The highest BCUT2D eigenvalue weighted by atomic mass is 16.1.